The molecule has 0 amide bonds. The normalized spacial score (nSPS) is 21.6. The monoisotopic (exact) mass is 225 g/mol. The Balaban J connectivity index is 2.06. The minimum atomic E-state index is 0.642. The summed E-state index contributed by atoms with van der Waals surface area (Å²) < 4.78 is 4.42. The lowest BCUT2D eigenvalue weighted by Gasteiger charge is -2.19. The Morgan fingerprint density at radius 2 is 2.33 bits per heavy atom. The van der Waals surface area contributed by atoms with Gasteiger partial charge in [0.15, 0.2) is 0 Å². The second-order valence-electron chi connectivity index (χ2n) is 4.78. The first-order valence-electron chi connectivity index (χ1n) is 5.76. The molecule has 2 heterocycles. The van der Waals surface area contributed by atoms with Gasteiger partial charge >= 0.3 is 0 Å². The van der Waals surface area contributed by atoms with Gasteiger partial charge in [0, 0.05) is 30.5 Å². The molecule has 15 heavy (non-hydrogen) atoms. The Bertz CT molecular complexity index is 321. The first-order valence-corrected chi connectivity index (χ1v) is 6.53. The van der Waals surface area contributed by atoms with Gasteiger partial charge in [0.25, 0.3) is 0 Å². The topological polar surface area (TPSA) is 29.0 Å². The summed E-state index contributed by atoms with van der Waals surface area (Å²) in [5.41, 5.74) is 0. The van der Waals surface area contributed by atoms with E-state index in [1.165, 1.54) is 12.8 Å². The Morgan fingerprint density at radius 1 is 1.53 bits per heavy atom. The van der Waals surface area contributed by atoms with Gasteiger partial charge in [0.1, 0.15) is 5.82 Å². The fraction of sp³-hybridized carbons (Fsp3) is 0.818. The molecule has 0 aliphatic carbocycles. The van der Waals surface area contributed by atoms with Gasteiger partial charge in [-0.3, -0.25) is 0 Å². The molecular formula is C11H19N3S. The molecule has 1 aromatic heterocycles. The van der Waals surface area contributed by atoms with Crippen molar-refractivity contribution in [1.29, 1.82) is 0 Å². The molecule has 0 radical (unpaired) electrons. The summed E-state index contributed by atoms with van der Waals surface area (Å²) in [5.74, 6) is 1.66. The fourth-order valence-corrected chi connectivity index (χ4v) is 2.85. The summed E-state index contributed by atoms with van der Waals surface area (Å²) in [4.78, 5) is 7.01. The minimum Gasteiger partial charge on any atom is -0.344 e. The van der Waals surface area contributed by atoms with E-state index in [2.05, 4.69) is 35.0 Å². The maximum atomic E-state index is 4.62. The maximum Gasteiger partial charge on any atom is 0.205 e. The average molecular weight is 225 g/mol. The van der Waals surface area contributed by atoms with Crippen LogP contribution in [0.4, 0.5) is 5.13 Å². The van der Waals surface area contributed by atoms with Gasteiger partial charge in [0.05, 0.1) is 0 Å². The molecule has 1 unspecified atom stereocenters. The zero-order valence-electron chi connectivity index (χ0n) is 9.73. The van der Waals surface area contributed by atoms with Crippen molar-refractivity contribution >= 4 is 16.7 Å². The lowest BCUT2D eigenvalue weighted by Crippen LogP contribution is -2.26. The predicted octanol–water partition coefficient (Wildman–Crippen LogP) is 2.73. The SMILES string of the molecule is CC(C)Cc1nsc(N2CCCC2C)n1. The van der Waals surface area contributed by atoms with Gasteiger partial charge in [-0.25, -0.2) is 4.98 Å². The standard InChI is InChI=1S/C11H19N3S/c1-8(2)7-10-12-11(15-13-10)14-6-4-5-9(14)3/h8-9H,4-7H2,1-3H3. The highest BCUT2D eigenvalue weighted by Crippen LogP contribution is 2.26. The quantitative estimate of drug-likeness (QED) is 0.792. The lowest BCUT2D eigenvalue weighted by atomic mass is 10.1. The Hall–Kier alpha value is -0.640. The lowest BCUT2D eigenvalue weighted by molar-refractivity contribution is 0.626. The van der Waals surface area contributed by atoms with Crippen LogP contribution in [0.5, 0.6) is 0 Å². The molecule has 0 bridgehead atoms. The summed E-state index contributed by atoms with van der Waals surface area (Å²) in [6.45, 7) is 7.84. The van der Waals surface area contributed by atoms with Crippen molar-refractivity contribution in [1.82, 2.24) is 9.36 Å². The summed E-state index contributed by atoms with van der Waals surface area (Å²) >= 11 is 1.56. The molecule has 1 fully saturated rings. The Labute approximate surface area is 95.7 Å². The number of aromatic nitrogens is 2. The van der Waals surface area contributed by atoms with Crippen LogP contribution >= 0.6 is 11.5 Å². The highest BCUT2D eigenvalue weighted by atomic mass is 32.1. The maximum absolute atomic E-state index is 4.62. The third-order valence-electron chi connectivity index (χ3n) is 2.85. The molecule has 1 aliphatic rings. The van der Waals surface area contributed by atoms with Crippen molar-refractivity contribution in [2.45, 2.75) is 46.1 Å². The van der Waals surface area contributed by atoms with E-state index in [0.29, 0.717) is 12.0 Å². The smallest absolute Gasteiger partial charge is 0.205 e. The van der Waals surface area contributed by atoms with Crippen LogP contribution in [0.1, 0.15) is 39.4 Å². The molecule has 0 saturated carbocycles. The van der Waals surface area contributed by atoms with Gasteiger partial charge in [-0.1, -0.05) is 13.8 Å². The summed E-state index contributed by atoms with van der Waals surface area (Å²) in [6, 6.07) is 0.643. The van der Waals surface area contributed by atoms with E-state index in [9.17, 15) is 0 Å². The largest absolute Gasteiger partial charge is 0.344 e. The Kier molecular flexibility index (Phi) is 3.24. The average Bonchev–Trinajstić information content (AvgIpc) is 2.72. The number of hydrogen-bond acceptors (Lipinski definition) is 4. The minimum absolute atomic E-state index is 0.642. The van der Waals surface area contributed by atoms with Crippen LogP contribution in [0.15, 0.2) is 0 Å². The van der Waals surface area contributed by atoms with Crippen LogP contribution in [0.25, 0.3) is 0 Å². The zero-order chi connectivity index (χ0) is 10.8. The van der Waals surface area contributed by atoms with Crippen LogP contribution in [0.3, 0.4) is 0 Å². The van der Waals surface area contributed by atoms with Crippen LogP contribution in [-0.4, -0.2) is 21.9 Å². The van der Waals surface area contributed by atoms with E-state index in [0.717, 1.165) is 23.9 Å². The van der Waals surface area contributed by atoms with E-state index in [-0.39, 0.29) is 0 Å². The molecule has 0 N–H and O–H groups in total. The first-order chi connectivity index (χ1) is 7.16. The molecule has 1 saturated heterocycles. The second-order valence-corrected chi connectivity index (χ2v) is 5.51. The molecular weight excluding hydrogens is 206 g/mol. The molecule has 1 aromatic rings. The van der Waals surface area contributed by atoms with E-state index in [1.54, 1.807) is 11.5 Å². The summed E-state index contributed by atoms with van der Waals surface area (Å²) in [7, 11) is 0. The van der Waals surface area contributed by atoms with Crippen LogP contribution < -0.4 is 4.90 Å². The van der Waals surface area contributed by atoms with Crippen LogP contribution in [-0.2, 0) is 6.42 Å². The number of rotatable bonds is 3. The van der Waals surface area contributed by atoms with E-state index in [4.69, 9.17) is 0 Å². The summed E-state index contributed by atoms with van der Waals surface area (Å²) in [6.07, 6.45) is 3.58. The molecule has 2 rings (SSSR count). The van der Waals surface area contributed by atoms with E-state index >= 15 is 0 Å². The molecule has 3 nitrogen and oxygen atoms in total. The van der Waals surface area contributed by atoms with Crippen molar-refractivity contribution in [2.24, 2.45) is 5.92 Å². The van der Waals surface area contributed by atoms with Crippen LogP contribution in [0.2, 0.25) is 0 Å². The third-order valence-corrected chi connectivity index (χ3v) is 3.64. The number of anilines is 1. The fourth-order valence-electron chi connectivity index (χ4n) is 2.03. The first kappa shape index (κ1) is 10.9. The van der Waals surface area contributed by atoms with Gasteiger partial charge in [-0.15, -0.1) is 0 Å². The van der Waals surface area contributed by atoms with Gasteiger partial charge in [-0.05, 0) is 25.7 Å². The molecule has 0 spiro atoms. The van der Waals surface area contributed by atoms with E-state index < -0.39 is 0 Å². The third kappa shape index (κ3) is 2.48. The van der Waals surface area contributed by atoms with Crippen molar-refractivity contribution in [3.8, 4) is 0 Å². The molecule has 0 aromatic carbocycles. The predicted molar refractivity (Wildman–Crippen MR) is 64.5 cm³/mol. The second kappa shape index (κ2) is 4.47. The highest BCUT2D eigenvalue weighted by molar-refractivity contribution is 7.09. The molecule has 4 heteroatoms. The molecule has 1 atom stereocenters. The molecule has 1 aliphatic heterocycles. The number of hydrogen-bond donors (Lipinski definition) is 0. The van der Waals surface area contributed by atoms with Crippen LogP contribution in [0, 0.1) is 5.92 Å². The zero-order valence-corrected chi connectivity index (χ0v) is 10.5. The Morgan fingerprint density at radius 3 is 2.93 bits per heavy atom. The van der Waals surface area contributed by atoms with Crippen molar-refractivity contribution in [3.05, 3.63) is 5.82 Å². The highest BCUT2D eigenvalue weighted by Gasteiger charge is 2.23. The van der Waals surface area contributed by atoms with Crippen molar-refractivity contribution < 1.29 is 0 Å². The van der Waals surface area contributed by atoms with Gasteiger partial charge < -0.3 is 4.90 Å². The van der Waals surface area contributed by atoms with Crippen molar-refractivity contribution in [3.63, 3.8) is 0 Å². The van der Waals surface area contributed by atoms with Crippen molar-refractivity contribution in [2.75, 3.05) is 11.4 Å². The molecule has 84 valence electrons. The van der Waals surface area contributed by atoms with Gasteiger partial charge in [0.2, 0.25) is 5.13 Å². The van der Waals surface area contributed by atoms with Gasteiger partial charge in [-0.2, -0.15) is 4.37 Å². The number of nitrogens with zero attached hydrogens (tertiary/aromatic N) is 3. The summed E-state index contributed by atoms with van der Waals surface area (Å²) in [5, 5.41) is 1.12. The van der Waals surface area contributed by atoms with E-state index in [1.807, 2.05) is 0 Å².